The topological polar surface area (TPSA) is 46.5 Å². The molecule has 138 valence electrons. The molecule has 0 spiro atoms. The van der Waals surface area contributed by atoms with Crippen LogP contribution in [0.1, 0.15) is 34.3 Å². The van der Waals surface area contributed by atoms with E-state index in [1.165, 1.54) is 18.2 Å². The van der Waals surface area contributed by atoms with Crippen molar-refractivity contribution in [1.29, 1.82) is 0 Å². The second-order valence-corrected chi connectivity index (χ2v) is 7.77. The van der Waals surface area contributed by atoms with Crippen molar-refractivity contribution in [3.05, 3.63) is 68.7 Å². The maximum Gasteiger partial charge on any atom is 0.338 e. The van der Waals surface area contributed by atoms with Crippen LogP contribution < -0.4 is 0 Å². The fraction of sp³-hybridized carbons (Fsp3) is 0.316. The second kappa shape index (κ2) is 7.25. The quantitative estimate of drug-likeness (QED) is 0.668. The Morgan fingerprint density at radius 1 is 1.15 bits per heavy atom. The predicted molar refractivity (Wildman–Crippen MR) is 97.8 cm³/mol. The molecule has 1 aliphatic carbocycles. The molecule has 2 aromatic carbocycles. The molecule has 0 heterocycles. The van der Waals surface area contributed by atoms with Crippen molar-refractivity contribution in [3.63, 3.8) is 0 Å². The molecule has 7 heteroatoms. The number of carbonyl (C=O) groups excluding carboxylic acids is 1. The van der Waals surface area contributed by atoms with Gasteiger partial charge < -0.3 is 9.84 Å². The molecule has 3 rings (SSSR count). The number of halogens is 4. The number of fused-ring (bicyclic) bond motifs is 1. The Morgan fingerprint density at radius 3 is 2.50 bits per heavy atom. The van der Waals surface area contributed by atoms with Crippen molar-refractivity contribution in [2.75, 3.05) is 13.2 Å². The zero-order valence-corrected chi connectivity index (χ0v) is 16.0. The summed E-state index contributed by atoms with van der Waals surface area (Å²) in [5.74, 6) is -3.60. The van der Waals surface area contributed by atoms with E-state index in [4.69, 9.17) is 16.3 Å². The fourth-order valence-corrected chi connectivity index (χ4v) is 3.62. The lowest BCUT2D eigenvalue weighted by molar-refractivity contribution is -0.0468. The van der Waals surface area contributed by atoms with Crippen LogP contribution in [0.3, 0.4) is 0 Å². The first kappa shape index (κ1) is 19.3. The minimum Gasteiger partial charge on any atom is -0.461 e. The fourth-order valence-electron chi connectivity index (χ4n) is 3.18. The maximum atomic E-state index is 14.3. The number of aliphatic hydroxyl groups is 1. The summed E-state index contributed by atoms with van der Waals surface area (Å²) in [6.45, 7) is -0.603. The molecule has 0 aromatic heterocycles. The SMILES string of the molecule is O=C(OC[C@]1(CO)CCC(F)(F)c2cc(Cl)ccc21)c1ccc(Br)cc1. The number of esters is 1. The van der Waals surface area contributed by atoms with Gasteiger partial charge in [-0.1, -0.05) is 33.6 Å². The summed E-state index contributed by atoms with van der Waals surface area (Å²) < 4.78 is 34.8. The third kappa shape index (κ3) is 3.63. The third-order valence-electron chi connectivity index (χ3n) is 4.73. The molecule has 0 unspecified atom stereocenters. The van der Waals surface area contributed by atoms with Crippen molar-refractivity contribution in [2.24, 2.45) is 0 Å². The van der Waals surface area contributed by atoms with E-state index in [1.54, 1.807) is 24.3 Å². The number of hydrogen-bond acceptors (Lipinski definition) is 3. The van der Waals surface area contributed by atoms with Crippen LogP contribution in [0.15, 0.2) is 46.9 Å². The second-order valence-electron chi connectivity index (χ2n) is 6.42. The number of rotatable bonds is 4. The van der Waals surface area contributed by atoms with Crippen molar-refractivity contribution >= 4 is 33.5 Å². The smallest absolute Gasteiger partial charge is 0.338 e. The predicted octanol–water partition coefficient (Wildman–Crippen LogP) is 5.08. The standard InChI is InChI=1S/C19H16BrClF2O3/c20-13-3-1-12(2-4-13)17(25)26-11-18(10-24)7-8-19(22,23)16-9-14(21)5-6-15(16)18/h1-6,9,24H,7-8,10-11H2/t18-/m1/s1. The Morgan fingerprint density at radius 2 is 1.85 bits per heavy atom. The van der Waals surface area contributed by atoms with E-state index in [0.29, 0.717) is 5.56 Å². The molecule has 0 amide bonds. The summed E-state index contributed by atoms with van der Waals surface area (Å²) in [5.41, 5.74) is -0.680. The van der Waals surface area contributed by atoms with Gasteiger partial charge in [-0.2, -0.15) is 0 Å². The van der Waals surface area contributed by atoms with Gasteiger partial charge in [-0.25, -0.2) is 13.6 Å². The van der Waals surface area contributed by atoms with E-state index in [1.807, 2.05) is 0 Å². The summed E-state index contributed by atoms with van der Waals surface area (Å²) in [7, 11) is 0. The highest BCUT2D eigenvalue weighted by atomic mass is 79.9. The third-order valence-corrected chi connectivity index (χ3v) is 5.49. The largest absolute Gasteiger partial charge is 0.461 e. The van der Waals surface area contributed by atoms with Gasteiger partial charge in [0.15, 0.2) is 0 Å². The minimum atomic E-state index is -3.03. The Labute approximate surface area is 163 Å². The van der Waals surface area contributed by atoms with E-state index in [0.717, 1.165) is 4.47 Å². The summed E-state index contributed by atoms with van der Waals surface area (Å²) in [6.07, 6.45) is -0.449. The molecular formula is C19H16BrClF2O3. The molecule has 3 nitrogen and oxygen atoms in total. The average molecular weight is 446 g/mol. The number of ether oxygens (including phenoxy) is 1. The first-order valence-corrected chi connectivity index (χ1v) is 9.16. The van der Waals surface area contributed by atoms with E-state index in [9.17, 15) is 18.7 Å². The van der Waals surface area contributed by atoms with E-state index in [-0.39, 0.29) is 29.2 Å². The number of alkyl halides is 2. The van der Waals surface area contributed by atoms with Gasteiger partial charge in [-0.05, 0) is 48.4 Å². The minimum absolute atomic E-state index is 0.00124. The van der Waals surface area contributed by atoms with Crippen LogP contribution in [0.2, 0.25) is 5.02 Å². The molecule has 1 atom stereocenters. The molecular weight excluding hydrogens is 430 g/mol. The maximum absolute atomic E-state index is 14.3. The molecule has 0 saturated heterocycles. The van der Waals surface area contributed by atoms with Crippen LogP contribution in [-0.4, -0.2) is 24.3 Å². The van der Waals surface area contributed by atoms with Gasteiger partial charge in [-0.3, -0.25) is 0 Å². The van der Waals surface area contributed by atoms with Gasteiger partial charge in [0.05, 0.1) is 17.6 Å². The van der Waals surface area contributed by atoms with Crippen LogP contribution in [-0.2, 0) is 16.1 Å². The van der Waals surface area contributed by atoms with Crippen molar-refractivity contribution in [2.45, 2.75) is 24.2 Å². The Hall–Kier alpha value is -1.50. The summed E-state index contributed by atoms with van der Waals surface area (Å²) >= 11 is 9.16. The highest BCUT2D eigenvalue weighted by molar-refractivity contribution is 9.10. The van der Waals surface area contributed by atoms with Crippen molar-refractivity contribution < 1.29 is 23.4 Å². The van der Waals surface area contributed by atoms with Crippen LogP contribution in [0.4, 0.5) is 8.78 Å². The van der Waals surface area contributed by atoms with Gasteiger partial charge in [0.25, 0.3) is 5.92 Å². The highest BCUT2D eigenvalue weighted by Crippen LogP contribution is 2.48. The van der Waals surface area contributed by atoms with Crippen LogP contribution in [0.25, 0.3) is 0 Å². The van der Waals surface area contributed by atoms with E-state index in [2.05, 4.69) is 15.9 Å². The van der Waals surface area contributed by atoms with Crippen LogP contribution in [0.5, 0.6) is 0 Å². The number of benzene rings is 2. The lowest BCUT2D eigenvalue weighted by atomic mass is 9.69. The molecule has 0 bridgehead atoms. The van der Waals surface area contributed by atoms with Gasteiger partial charge >= 0.3 is 5.97 Å². The van der Waals surface area contributed by atoms with Gasteiger partial charge in [0, 0.05) is 21.5 Å². The molecule has 0 radical (unpaired) electrons. The molecule has 1 aliphatic rings. The molecule has 2 aromatic rings. The monoisotopic (exact) mass is 444 g/mol. The lowest BCUT2D eigenvalue weighted by Crippen LogP contribution is -2.43. The molecule has 0 saturated carbocycles. The van der Waals surface area contributed by atoms with Crippen LogP contribution >= 0.6 is 27.5 Å². The Kier molecular flexibility index (Phi) is 5.37. The Bertz CT molecular complexity index is 826. The Balaban J connectivity index is 1.88. The van der Waals surface area contributed by atoms with E-state index < -0.39 is 30.3 Å². The van der Waals surface area contributed by atoms with Gasteiger partial charge in [-0.15, -0.1) is 0 Å². The molecule has 26 heavy (non-hydrogen) atoms. The normalized spacial score (nSPS) is 21.1. The summed E-state index contributed by atoms with van der Waals surface area (Å²) in [6, 6.07) is 10.8. The van der Waals surface area contributed by atoms with Gasteiger partial charge in [0.1, 0.15) is 6.61 Å². The average Bonchev–Trinajstić information content (AvgIpc) is 2.62. The first-order chi connectivity index (χ1) is 12.3. The zero-order chi connectivity index (χ0) is 18.9. The molecule has 0 fully saturated rings. The molecule has 0 aliphatic heterocycles. The summed E-state index contributed by atoms with van der Waals surface area (Å²) in [4.78, 5) is 12.3. The van der Waals surface area contributed by atoms with Gasteiger partial charge in [0.2, 0.25) is 0 Å². The molecule has 1 N–H and O–H groups in total. The number of carbonyl (C=O) groups is 1. The van der Waals surface area contributed by atoms with Crippen molar-refractivity contribution in [3.8, 4) is 0 Å². The first-order valence-electron chi connectivity index (χ1n) is 7.99. The van der Waals surface area contributed by atoms with Crippen molar-refractivity contribution in [1.82, 2.24) is 0 Å². The number of aliphatic hydroxyl groups excluding tert-OH is 1. The summed E-state index contributed by atoms with van der Waals surface area (Å²) in [5, 5.41) is 10.2. The highest BCUT2D eigenvalue weighted by Gasteiger charge is 2.48. The number of hydrogen-bond donors (Lipinski definition) is 1. The van der Waals surface area contributed by atoms with Crippen LogP contribution in [0, 0.1) is 0 Å². The zero-order valence-electron chi connectivity index (χ0n) is 13.6. The van der Waals surface area contributed by atoms with E-state index >= 15 is 0 Å². The lowest BCUT2D eigenvalue weighted by Gasteiger charge is -2.40.